The summed E-state index contributed by atoms with van der Waals surface area (Å²) in [4.78, 5) is 19.6. The highest BCUT2D eigenvalue weighted by Crippen LogP contribution is 2.34. The highest BCUT2D eigenvalue weighted by Gasteiger charge is 2.36. The van der Waals surface area contributed by atoms with Crippen molar-refractivity contribution in [3.8, 4) is 5.75 Å². The van der Waals surface area contributed by atoms with E-state index in [1.165, 1.54) is 49.9 Å². The predicted molar refractivity (Wildman–Crippen MR) is 121 cm³/mol. The molecule has 1 aromatic carbocycles. The molecule has 5 nitrogen and oxygen atoms in total. The van der Waals surface area contributed by atoms with Gasteiger partial charge < -0.3 is 15.0 Å². The van der Waals surface area contributed by atoms with Crippen LogP contribution in [0.1, 0.15) is 51.9 Å². The van der Waals surface area contributed by atoms with Crippen molar-refractivity contribution in [3.05, 3.63) is 24.3 Å². The van der Waals surface area contributed by atoms with Gasteiger partial charge in [0.1, 0.15) is 5.75 Å². The monoisotopic (exact) mass is 479 g/mol. The maximum Gasteiger partial charge on any atom is 0.573 e. The van der Waals surface area contributed by atoms with E-state index >= 15 is 0 Å². The predicted octanol–water partition coefficient (Wildman–Crippen LogP) is 5.85. The lowest BCUT2D eigenvalue weighted by atomic mass is 10.1. The van der Waals surface area contributed by atoms with E-state index in [0.717, 1.165) is 18.0 Å². The van der Waals surface area contributed by atoms with Crippen molar-refractivity contribution in [1.82, 2.24) is 4.90 Å². The van der Waals surface area contributed by atoms with E-state index in [4.69, 9.17) is 4.99 Å². The molecule has 2 fully saturated rings. The fourth-order valence-corrected chi connectivity index (χ4v) is 5.17. The summed E-state index contributed by atoms with van der Waals surface area (Å²) >= 11 is 1.71. The fraction of sp³-hybridized carbons (Fsp3) is 0.619. The maximum absolute atomic E-state index is 12.5. The topological polar surface area (TPSA) is 53.9 Å². The summed E-state index contributed by atoms with van der Waals surface area (Å²) in [6.45, 7) is 2.10. The number of amides is 1. The Bertz CT molecular complexity index is 753. The van der Waals surface area contributed by atoms with Gasteiger partial charge in [0, 0.05) is 24.4 Å². The zero-order valence-corrected chi connectivity index (χ0v) is 19.3. The summed E-state index contributed by atoms with van der Waals surface area (Å²) < 4.78 is 40.6. The van der Waals surface area contributed by atoms with Crippen LogP contribution in [0, 0.1) is 0 Å². The molecule has 2 atom stereocenters. The minimum absolute atomic E-state index is 0. The van der Waals surface area contributed by atoms with Crippen LogP contribution in [0.2, 0.25) is 0 Å². The summed E-state index contributed by atoms with van der Waals surface area (Å²) in [6.07, 6.45) is 2.83. The van der Waals surface area contributed by atoms with Gasteiger partial charge in [0.05, 0.1) is 12.1 Å². The Morgan fingerprint density at radius 1 is 1.19 bits per heavy atom. The molecule has 1 saturated carbocycles. The number of hydrogen-bond donors (Lipinski definition) is 1. The van der Waals surface area contributed by atoms with E-state index in [2.05, 4.69) is 21.9 Å². The molecule has 2 aliphatic rings. The van der Waals surface area contributed by atoms with Gasteiger partial charge in [-0.15, -0.1) is 25.6 Å². The molecule has 31 heavy (non-hydrogen) atoms. The maximum atomic E-state index is 12.5. The molecule has 0 spiro atoms. The number of nitrogens with one attached hydrogen (secondary N) is 1. The highest BCUT2D eigenvalue weighted by molar-refractivity contribution is 8.14. The van der Waals surface area contributed by atoms with Crippen molar-refractivity contribution in [2.45, 2.75) is 75.6 Å². The van der Waals surface area contributed by atoms with Gasteiger partial charge in [-0.2, -0.15) is 0 Å². The molecule has 3 rings (SSSR count). The molecule has 1 N–H and O–H groups in total. The van der Waals surface area contributed by atoms with E-state index in [-0.39, 0.29) is 41.8 Å². The first-order valence-electron chi connectivity index (χ1n) is 10.3. The van der Waals surface area contributed by atoms with Gasteiger partial charge in [-0.3, -0.25) is 9.79 Å². The number of aliphatic imine (C=N–C) groups is 1. The summed E-state index contributed by atoms with van der Waals surface area (Å²) in [5, 5.41) is 3.98. The lowest BCUT2D eigenvalue weighted by molar-refractivity contribution is -0.274. The number of hydrogen-bond acceptors (Lipinski definition) is 4. The number of carbonyl (C=O) groups excluding carboxylic acids is 1. The third-order valence-corrected chi connectivity index (χ3v) is 6.81. The average molecular weight is 480 g/mol. The zero-order chi connectivity index (χ0) is 21.7. The van der Waals surface area contributed by atoms with Gasteiger partial charge in [-0.1, -0.05) is 44.4 Å². The van der Waals surface area contributed by atoms with Gasteiger partial charge in [0.25, 0.3) is 0 Å². The number of thioether (sulfide) groups is 1. The number of amidine groups is 1. The number of rotatable bonds is 5. The molecule has 1 amide bonds. The molecule has 2 unspecified atom stereocenters. The Kier molecular flexibility index (Phi) is 9.36. The summed E-state index contributed by atoms with van der Waals surface area (Å²) in [5.41, 5.74) is 0.433. The zero-order valence-electron chi connectivity index (χ0n) is 17.7. The third kappa shape index (κ3) is 7.79. The Balaban J connectivity index is 0.00000341. The molecule has 1 aliphatic carbocycles. The van der Waals surface area contributed by atoms with E-state index in [0.29, 0.717) is 11.7 Å². The smallest absolute Gasteiger partial charge is 0.406 e. The van der Waals surface area contributed by atoms with Crippen LogP contribution in [0.25, 0.3) is 0 Å². The van der Waals surface area contributed by atoms with Crippen LogP contribution >= 0.6 is 24.2 Å². The molecule has 0 radical (unpaired) electrons. The second kappa shape index (κ2) is 11.3. The first-order chi connectivity index (χ1) is 14.2. The van der Waals surface area contributed by atoms with E-state index < -0.39 is 6.36 Å². The van der Waals surface area contributed by atoms with Crippen LogP contribution in [-0.4, -0.2) is 46.7 Å². The van der Waals surface area contributed by atoms with Gasteiger partial charge in [-0.25, -0.2) is 0 Å². The number of alkyl halides is 3. The van der Waals surface area contributed by atoms with Crippen LogP contribution in [0.3, 0.4) is 0 Å². The average Bonchev–Trinajstić information content (AvgIpc) is 2.84. The van der Waals surface area contributed by atoms with Gasteiger partial charge in [0.2, 0.25) is 5.91 Å². The molecule has 0 bridgehead atoms. The van der Waals surface area contributed by atoms with Crippen molar-refractivity contribution in [1.29, 1.82) is 0 Å². The van der Waals surface area contributed by atoms with Crippen LogP contribution in [0.4, 0.5) is 18.9 Å². The molecule has 1 heterocycles. The van der Waals surface area contributed by atoms with Crippen molar-refractivity contribution in [2.24, 2.45) is 4.99 Å². The van der Waals surface area contributed by atoms with Gasteiger partial charge >= 0.3 is 6.36 Å². The molecule has 1 aromatic rings. The Hall–Kier alpha value is -1.61. The number of ether oxygens (including phenoxy) is 1. The standard InChI is InChI=1S/C21H28F3N3O2S.ClH/c1-14-18(27(2)20(30-14)26-15-7-5-3-4-6-8-15)13-19(28)25-16-9-11-17(12-10-16)29-21(22,23)24;/h9-12,14-15,18H,3-8,13H2,1-2H3,(H,25,28);1H/b26-20-;. The van der Waals surface area contributed by atoms with Crippen molar-refractivity contribution < 1.29 is 22.7 Å². The number of anilines is 1. The molecule has 10 heteroatoms. The van der Waals surface area contributed by atoms with Crippen LogP contribution in [-0.2, 0) is 4.79 Å². The first-order valence-corrected chi connectivity index (χ1v) is 11.2. The lowest BCUT2D eigenvalue weighted by Gasteiger charge is -2.23. The van der Waals surface area contributed by atoms with Crippen molar-refractivity contribution in [2.75, 3.05) is 12.4 Å². The Labute approximate surface area is 191 Å². The summed E-state index contributed by atoms with van der Waals surface area (Å²) in [7, 11) is 1.98. The van der Waals surface area contributed by atoms with Crippen molar-refractivity contribution >= 4 is 40.9 Å². The Morgan fingerprint density at radius 2 is 1.81 bits per heavy atom. The van der Waals surface area contributed by atoms with Crippen LogP contribution in [0.5, 0.6) is 5.75 Å². The third-order valence-electron chi connectivity index (χ3n) is 5.52. The van der Waals surface area contributed by atoms with Gasteiger partial charge in [-0.05, 0) is 37.1 Å². The minimum atomic E-state index is -4.73. The minimum Gasteiger partial charge on any atom is -0.406 e. The molecular weight excluding hydrogens is 451 g/mol. The number of nitrogens with zero attached hydrogens (tertiary/aromatic N) is 2. The summed E-state index contributed by atoms with van der Waals surface area (Å²) in [5.74, 6) is -0.500. The Morgan fingerprint density at radius 3 is 2.39 bits per heavy atom. The highest BCUT2D eigenvalue weighted by atomic mass is 35.5. The number of benzene rings is 1. The first kappa shape index (κ1) is 25.6. The second-order valence-corrected chi connectivity index (χ2v) is 9.23. The number of carbonyl (C=O) groups is 1. The molecular formula is C21H29ClF3N3O2S. The molecule has 1 aliphatic heterocycles. The van der Waals surface area contributed by atoms with Crippen LogP contribution in [0.15, 0.2) is 29.3 Å². The quantitative estimate of drug-likeness (QED) is 0.538. The van der Waals surface area contributed by atoms with Crippen LogP contribution < -0.4 is 10.1 Å². The molecule has 1 saturated heterocycles. The largest absolute Gasteiger partial charge is 0.573 e. The van der Waals surface area contributed by atoms with E-state index in [1.807, 2.05) is 7.05 Å². The lowest BCUT2D eigenvalue weighted by Crippen LogP contribution is -2.36. The fourth-order valence-electron chi connectivity index (χ4n) is 3.89. The number of halogens is 4. The normalized spacial score (nSPS) is 23.9. The van der Waals surface area contributed by atoms with Crippen molar-refractivity contribution in [3.63, 3.8) is 0 Å². The van der Waals surface area contributed by atoms with Gasteiger partial charge in [0.15, 0.2) is 5.17 Å². The SMILES string of the molecule is CC1S/C(=N\C2CCCCCC2)N(C)C1CC(=O)Nc1ccc(OC(F)(F)F)cc1.Cl. The molecule has 174 valence electrons. The molecule has 0 aromatic heterocycles. The van der Waals surface area contributed by atoms with E-state index in [9.17, 15) is 18.0 Å². The summed E-state index contributed by atoms with van der Waals surface area (Å²) in [6, 6.07) is 5.55. The second-order valence-electron chi connectivity index (χ2n) is 7.88. The van der Waals surface area contributed by atoms with E-state index in [1.54, 1.807) is 11.8 Å².